The summed E-state index contributed by atoms with van der Waals surface area (Å²) >= 11 is 0. The van der Waals surface area contributed by atoms with Crippen LogP contribution in [-0.4, -0.2) is 77.2 Å². The molecule has 2 amide bonds. The van der Waals surface area contributed by atoms with Gasteiger partial charge in [0.25, 0.3) is 11.5 Å². The summed E-state index contributed by atoms with van der Waals surface area (Å²) in [6.07, 6.45) is 17.1. The molecular weight excluding hydrogens is 697 g/mol. The van der Waals surface area contributed by atoms with Gasteiger partial charge in [-0.2, -0.15) is 5.10 Å². The number of anilines is 1. The number of benzene rings is 2. The van der Waals surface area contributed by atoms with E-state index in [4.69, 9.17) is 14.6 Å². The second kappa shape index (κ2) is 20.6. The van der Waals surface area contributed by atoms with E-state index in [9.17, 15) is 19.2 Å². The molecule has 3 aliphatic rings. The van der Waals surface area contributed by atoms with Crippen molar-refractivity contribution >= 4 is 34.7 Å². The van der Waals surface area contributed by atoms with E-state index in [1.807, 2.05) is 42.9 Å². The molecule has 296 valence electrons. The van der Waals surface area contributed by atoms with E-state index in [-0.39, 0.29) is 35.6 Å². The molecule has 1 atom stereocenters. The van der Waals surface area contributed by atoms with Crippen LogP contribution in [0.15, 0.2) is 65.7 Å². The van der Waals surface area contributed by atoms with Gasteiger partial charge < -0.3 is 30.0 Å². The number of carbonyl (C=O) groups excluding carboxylic acids is 3. The van der Waals surface area contributed by atoms with Crippen LogP contribution in [-0.2, 0) is 9.59 Å². The summed E-state index contributed by atoms with van der Waals surface area (Å²) in [6, 6.07) is 15.3. The van der Waals surface area contributed by atoms with Crippen molar-refractivity contribution in [3.63, 3.8) is 0 Å². The Labute approximate surface area is 324 Å². The predicted molar refractivity (Wildman–Crippen MR) is 216 cm³/mol. The largest absolute Gasteiger partial charge is 0.490 e. The van der Waals surface area contributed by atoms with E-state index < -0.39 is 6.10 Å². The molecule has 1 aliphatic heterocycles. The average Bonchev–Trinajstić information content (AvgIpc) is 4.03. The second-order valence-corrected chi connectivity index (χ2v) is 15.1. The first kappa shape index (κ1) is 41.2. The van der Waals surface area contributed by atoms with Crippen LogP contribution in [0.25, 0.3) is 10.9 Å². The van der Waals surface area contributed by atoms with Crippen molar-refractivity contribution in [2.75, 3.05) is 32.5 Å². The number of hydrogen-bond acceptors (Lipinski definition) is 8. The maximum atomic E-state index is 12.9. The highest BCUT2D eigenvalue weighted by molar-refractivity contribution is 6.08. The molecular formula is C43H58N6O6. The van der Waals surface area contributed by atoms with Crippen molar-refractivity contribution in [2.45, 2.75) is 115 Å². The predicted octanol–water partition coefficient (Wildman–Crippen LogP) is 7.41. The normalized spacial score (nSPS) is 16.5. The summed E-state index contributed by atoms with van der Waals surface area (Å²) in [7, 11) is 3.74. The fraction of sp³-hybridized carbons (Fsp3) is 0.512. The Morgan fingerprint density at radius 3 is 2.27 bits per heavy atom. The van der Waals surface area contributed by atoms with Gasteiger partial charge in [-0.25, -0.2) is 0 Å². The topological polar surface area (TPSA) is 148 Å². The number of aromatic amines is 1. The molecule has 2 aromatic heterocycles. The van der Waals surface area contributed by atoms with Crippen LogP contribution < -0.4 is 25.7 Å². The van der Waals surface area contributed by atoms with Crippen LogP contribution in [0.1, 0.15) is 119 Å². The lowest BCUT2D eigenvalue weighted by atomic mass is 9.90. The molecule has 0 radical (unpaired) electrons. The van der Waals surface area contributed by atoms with E-state index >= 15 is 0 Å². The smallest absolute Gasteiger partial charge is 0.271 e. The number of hydrogen-bond donors (Lipinski definition) is 3. The van der Waals surface area contributed by atoms with E-state index in [2.05, 4.69) is 39.7 Å². The third kappa shape index (κ3) is 12.8. The van der Waals surface area contributed by atoms with Gasteiger partial charge in [-0.3, -0.25) is 23.9 Å². The van der Waals surface area contributed by atoms with Crippen LogP contribution in [0.4, 0.5) is 5.69 Å². The number of nitrogens with zero attached hydrogens (tertiary/aromatic N) is 3. The number of piperidine rings is 1. The molecule has 55 heavy (non-hydrogen) atoms. The van der Waals surface area contributed by atoms with E-state index in [1.54, 1.807) is 25.2 Å². The van der Waals surface area contributed by atoms with E-state index in [1.165, 1.54) is 63.1 Å². The number of carbonyl (C=O) groups is 3. The zero-order valence-electron chi connectivity index (χ0n) is 32.9. The molecule has 3 N–H and O–H groups in total. The Bertz CT molecular complexity index is 1880. The van der Waals surface area contributed by atoms with Crippen LogP contribution in [0.2, 0.25) is 0 Å². The lowest BCUT2D eigenvalue weighted by Crippen LogP contribution is -2.29. The molecule has 2 aromatic carbocycles. The molecule has 12 nitrogen and oxygen atoms in total. The average molecular weight is 755 g/mol. The Kier molecular flexibility index (Phi) is 15.5. The van der Waals surface area contributed by atoms with Gasteiger partial charge in [-0.05, 0) is 108 Å². The van der Waals surface area contributed by atoms with Crippen LogP contribution >= 0.6 is 0 Å². The number of likely N-dealkylation sites (tertiary alicyclic amines) is 1. The highest BCUT2D eigenvalue weighted by Gasteiger charge is 2.22. The number of ether oxygens (including phenoxy) is 2. The molecule has 1 unspecified atom stereocenters. The summed E-state index contributed by atoms with van der Waals surface area (Å²) < 4.78 is 13.6. The molecule has 3 fully saturated rings. The fourth-order valence-electron chi connectivity index (χ4n) is 6.73. The summed E-state index contributed by atoms with van der Waals surface area (Å²) in [4.78, 5) is 52.1. The van der Waals surface area contributed by atoms with Gasteiger partial charge in [0, 0.05) is 37.3 Å². The van der Waals surface area contributed by atoms with Crippen molar-refractivity contribution in [3.05, 3.63) is 82.4 Å². The lowest BCUT2D eigenvalue weighted by Gasteiger charge is -2.29. The Balaban J connectivity index is 0.000000200. The molecule has 0 bridgehead atoms. The van der Waals surface area contributed by atoms with Gasteiger partial charge in [-0.15, -0.1) is 0 Å². The van der Waals surface area contributed by atoms with Gasteiger partial charge in [0.15, 0.2) is 12.4 Å². The molecule has 4 aromatic rings. The van der Waals surface area contributed by atoms with Crippen LogP contribution in [0, 0.1) is 0 Å². The maximum Gasteiger partial charge on any atom is 0.271 e. The molecule has 3 heterocycles. The Hall–Kier alpha value is -4.97. The van der Waals surface area contributed by atoms with Gasteiger partial charge in [0.1, 0.15) is 17.2 Å². The van der Waals surface area contributed by atoms with Gasteiger partial charge in [-0.1, -0.05) is 50.7 Å². The van der Waals surface area contributed by atoms with E-state index in [0.29, 0.717) is 35.4 Å². The first-order chi connectivity index (χ1) is 26.6. The number of aromatic nitrogens is 3. The SMILES string of the molecule is C1CC1.CC(C)Oc1cc2nn(C3CCCCC3)cc2cc1C(=O)Nc1ccc[nH]c1=O.CNC(=O)CCC(C=O)Oc1ccc(C2CCN(C)CC2)cc1. The lowest BCUT2D eigenvalue weighted by molar-refractivity contribution is -0.121. The zero-order valence-corrected chi connectivity index (χ0v) is 32.9. The van der Waals surface area contributed by atoms with Gasteiger partial charge in [0.2, 0.25) is 5.91 Å². The number of fused-ring (bicyclic) bond motifs is 1. The number of nitrogens with one attached hydrogen (secondary N) is 3. The molecule has 2 saturated carbocycles. The summed E-state index contributed by atoms with van der Waals surface area (Å²) in [5, 5.41) is 10.9. The monoisotopic (exact) mass is 754 g/mol. The highest BCUT2D eigenvalue weighted by Crippen LogP contribution is 2.32. The van der Waals surface area contributed by atoms with Crippen LogP contribution in [0.3, 0.4) is 0 Å². The first-order valence-electron chi connectivity index (χ1n) is 19.9. The number of H-pyrrole nitrogens is 1. The quantitative estimate of drug-likeness (QED) is 0.127. The third-order valence-electron chi connectivity index (χ3n) is 10.0. The van der Waals surface area contributed by atoms with Crippen molar-refractivity contribution in [1.29, 1.82) is 0 Å². The van der Waals surface area contributed by atoms with Gasteiger partial charge in [0.05, 0.1) is 23.2 Å². The minimum atomic E-state index is -0.582. The van der Waals surface area contributed by atoms with Gasteiger partial charge >= 0.3 is 0 Å². The number of rotatable bonds is 12. The minimum Gasteiger partial charge on any atom is -0.490 e. The van der Waals surface area contributed by atoms with Crippen molar-refractivity contribution < 1.29 is 23.9 Å². The van der Waals surface area contributed by atoms with Crippen molar-refractivity contribution in [2.24, 2.45) is 0 Å². The third-order valence-corrected chi connectivity index (χ3v) is 10.0. The number of aldehydes is 1. The summed E-state index contributed by atoms with van der Waals surface area (Å²) in [5.41, 5.74) is 2.38. The van der Waals surface area contributed by atoms with Crippen molar-refractivity contribution in [1.82, 2.24) is 25.0 Å². The summed E-state index contributed by atoms with van der Waals surface area (Å²) in [5.74, 6) is 1.28. The highest BCUT2D eigenvalue weighted by atomic mass is 16.5. The number of pyridine rings is 1. The summed E-state index contributed by atoms with van der Waals surface area (Å²) in [6.45, 7) is 6.09. The molecule has 12 heteroatoms. The van der Waals surface area contributed by atoms with Crippen molar-refractivity contribution in [3.8, 4) is 11.5 Å². The Morgan fingerprint density at radius 2 is 1.65 bits per heavy atom. The van der Waals surface area contributed by atoms with E-state index in [0.717, 1.165) is 43.1 Å². The zero-order chi connectivity index (χ0) is 39.2. The first-order valence-corrected chi connectivity index (χ1v) is 19.9. The minimum absolute atomic E-state index is 0.0851. The van der Waals surface area contributed by atoms with Crippen LogP contribution in [0.5, 0.6) is 11.5 Å². The molecule has 0 spiro atoms. The maximum absolute atomic E-state index is 12.9. The fourth-order valence-corrected chi connectivity index (χ4v) is 6.73. The Morgan fingerprint density at radius 1 is 0.964 bits per heavy atom. The molecule has 1 saturated heterocycles. The molecule has 2 aliphatic carbocycles. The molecule has 7 rings (SSSR count). The standard InChI is InChI=1S/C22H26N4O3.C18H26N2O3.C3H6/c1-14(2)29-20-12-19-15(13-26(25-19)16-7-4-3-5-8-16)11-17(20)21(27)24-18-9-6-10-23-22(18)28;1-19-18(22)8-7-17(13-21)23-16-5-3-14(4-6-16)15-9-11-20(2)12-10-15;1-2-3-1/h6,9-14,16H,3-5,7-8H2,1-2H3,(H,23,28)(H,24,27);3-6,13,15,17H,7-12H2,1-2H3,(H,19,22);1-3H2. The second-order valence-electron chi connectivity index (χ2n) is 15.1. The number of amides is 2.